The Balaban J connectivity index is 1.37. The van der Waals surface area contributed by atoms with Crippen molar-refractivity contribution < 1.29 is 18.3 Å². The molecule has 3 N–H and O–H groups in total. The Labute approximate surface area is 197 Å². The van der Waals surface area contributed by atoms with E-state index in [0.717, 1.165) is 0 Å². The van der Waals surface area contributed by atoms with E-state index in [-0.39, 0.29) is 30.1 Å². The Hall–Kier alpha value is -2.18. The zero-order valence-corrected chi connectivity index (χ0v) is 19.6. The van der Waals surface area contributed by atoms with E-state index in [4.69, 9.17) is 16.3 Å². The third-order valence-corrected chi connectivity index (χ3v) is 7.97. The van der Waals surface area contributed by atoms with E-state index in [1.54, 1.807) is 24.3 Å². The number of aliphatic hydroxyl groups is 1. The van der Waals surface area contributed by atoms with E-state index in [1.165, 1.54) is 15.2 Å². The van der Waals surface area contributed by atoms with Crippen LogP contribution in [0.1, 0.15) is 25.3 Å². The summed E-state index contributed by atoms with van der Waals surface area (Å²) in [6.07, 6.45) is 2.50. The molecule has 10 nitrogen and oxygen atoms in total. The second-order valence-corrected chi connectivity index (χ2v) is 10.3. The summed E-state index contributed by atoms with van der Waals surface area (Å²) < 4.78 is 36.0. The quantitative estimate of drug-likeness (QED) is 0.531. The van der Waals surface area contributed by atoms with Crippen molar-refractivity contribution >= 4 is 33.2 Å². The average molecular weight is 498 g/mol. The average Bonchev–Trinajstić information content (AvgIpc) is 2.81. The monoisotopic (exact) mass is 497 g/mol. The van der Waals surface area contributed by atoms with Crippen LogP contribution in [0.3, 0.4) is 0 Å². The predicted octanol–water partition coefficient (Wildman–Crippen LogP) is 1.70. The number of rotatable bonds is 7. The van der Waals surface area contributed by atoms with Gasteiger partial charge in [-0.05, 0) is 31.4 Å². The smallest absolute Gasteiger partial charge is 0.301 e. The first-order valence-electron chi connectivity index (χ1n) is 10.9. The Morgan fingerprint density at radius 2 is 1.91 bits per heavy atom. The first-order valence-corrected chi connectivity index (χ1v) is 12.8. The second-order valence-electron chi connectivity index (χ2n) is 8.30. The molecule has 0 spiro atoms. The summed E-state index contributed by atoms with van der Waals surface area (Å²) >= 11 is 6.32. The van der Waals surface area contributed by atoms with Gasteiger partial charge in [-0.2, -0.15) is 17.8 Å². The third-order valence-electron chi connectivity index (χ3n) is 6.06. The molecule has 3 heterocycles. The van der Waals surface area contributed by atoms with Crippen LogP contribution in [0.4, 0.5) is 11.4 Å². The lowest BCUT2D eigenvalue weighted by Crippen LogP contribution is -2.43. The van der Waals surface area contributed by atoms with Gasteiger partial charge in [0.05, 0.1) is 30.6 Å². The number of anilines is 2. The molecule has 2 fully saturated rings. The molecule has 2 aromatic rings. The number of hydrogen-bond donors (Lipinski definition) is 3. The minimum atomic E-state index is -3.68. The molecule has 33 heavy (non-hydrogen) atoms. The van der Waals surface area contributed by atoms with Gasteiger partial charge in [0.2, 0.25) is 0 Å². The molecule has 2 atom stereocenters. The maximum Gasteiger partial charge on any atom is 0.301 e. The van der Waals surface area contributed by atoms with Gasteiger partial charge in [-0.25, -0.2) is 4.68 Å². The number of para-hydroxylation sites is 1. The van der Waals surface area contributed by atoms with Crippen molar-refractivity contribution in [3.63, 3.8) is 0 Å². The Morgan fingerprint density at radius 1 is 1.18 bits per heavy atom. The van der Waals surface area contributed by atoms with Crippen LogP contribution in [-0.4, -0.2) is 66.6 Å². The molecule has 0 aliphatic carbocycles. The highest BCUT2D eigenvalue weighted by Crippen LogP contribution is 2.25. The van der Waals surface area contributed by atoms with Crippen LogP contribution in [0.15, 0.2) is 41.3 Å². The molecular formula is C21H28ClN5O5S. The summed E-state index contributed by atoms with van der Waals surface area (Å²) in [6, 6.07) is 8.46. The highest BCUT2D eigenvalue weighted by Gasteiger charge is 2.30. The molecule has 0 unspecified atom stereocenters. The molecular weight excluding hydrogens is 470 g/mol. The molecule has 2 aliphatic heterocycles. The van der Waals surface area contributed by atoms with Gasteiger partial charge < -0.3 is 15.2 Å². The van der Waals surface area contributed by atoms with E-state index >= 15 is 0 Å². The van der Waals surface area contributed by atoms with Crippen LogP contribution in [0.5, 0.6) is 0 Å². The van der Waals surface area contributed by atoms with Crippen molar-refractivity contribution in [2.45, 2.75) is 31.4 Å². The first-order chi connectivity index (χ1) is 15.8. The fourth-order valence-corrected chi connectivity index (χ4v) is 5.55. The van der Waals surface area contributed by atoms with Crippen molar-refractivity contribution in [1.82, 2.24) is 14.1 Å². The van der Waals surface area contributed by atoms with E-state index in [0.29, 0.717) is 50.4 Å². The Bertz CT molecular complexity index is 1110. The lowest BCUT2D eigenvalue weighted by Gasteiger charge is -2.31. The number of hydrogen-bond acceptors (Lipinski definition) is 7. The number of aliphatic hydroxyl groups excluding tert-OH is 1. The highest BCUT2D eigenvalue weighted by atomic mass is 35.5. The molecule has 0 saturated carbocycles. The van der Waals surface area contributed by atoms with Crippen molar-refractivity contribution in [3.8, 4) is 0 Å². The number of halogens is 1. The fraction of sp³-hybridized carbons (Fsp3) is 0.524. The zero-order valence-electron chi connectivity index (χ0n) is 18.1. The van der Waals surface area contributed by atoms with Crippen LogP contribution in [-0.2, 0) is 14.9 Å². The molecule has 0 bridgehead atoms. The summed E-state index contributed by atoms with van der Waals surface area (Å²) in [5, 5.41) is 17.5. The Morgan fingerprint density at radius 3 is 2.61 bits per heavy atom. The van der Waals surface area contributed by atoms with Gasteiger partial charge in [-0.1, -0.05) is 29.8 Å². The van der Waals surface area contributed by atoms with E-state index < -0.39 is 21.9 Å². The van der Waals surface area contributed by atoms with Gasteiger partial charge in [0.15, 0.2) is 0 Å². The fourth-order valence-electron chi connectivity index (χ4n) is 4.10. The van der Waals surface area contributed by atoms with Crippen molar-refractivity contribution in [1.29, 1.82) is 0 Å². The third kappa shape index (κ3) is 5.67. The molecule has 0 amide bonds. The molecule has 180 valence electrons. The van der Waals surface area contributed by atoms with Gasteiger partial charge in [0, 0.05) is 37.8 Å². The highest BCUT2D eigenvalue weighted by molar-refractivity contribution is 7.90. The largest absolute Gasteiger partial charge is 0.393 e. The summed E-state index contributed by atoms with van der Waals surface area (Å²) in [7, 11) is -3.68. The molecule has 2 aliphatic rings. The van der Waals surface area contributed by atoms with Crippen LogP contribution in [0.25, 0.3) is 0 Å². The van der Waals surface area contributed by atoms with Gasteiger partial charge >= 0.3 is 10.2 Å². The summed E-state index contributed by atoms with van der Waals surface area (Å²) in [5.41, 5.74) is 0.480. The van der Waals surface area contributed by atoms with Crippen LogP contribution in [0.2, 0.25) is 5.02 Å². The first kappa shape index (κ1) is 24.0. The summed E-state index contributed by atoms with van der Waals surface area (Å²) in [5.74, 6) is -0.0898. The second kappa shape index (κ2) is 10.4. The minimum absolute atomic E-state index is 0.0250. The SMILES string of the molecule is O=c1c(Cl)c(NC[C@@H]2COCC[C@H]2O)cnn1C1CCN(S(=O)(=O)Nc2ccccc2)CC1. The van der Waals surface area contributed by atoms with Crippen molar-refractivity contribution in [2.24, 2.45) is 5.92 Å². The molecule has 1 aromatic heterocycles. The maximum absolute atomic E-state index is 12.8. The number of piperidine rings is 1. The van der Waals surface area contributed by atoms with Crippen LogP contribution >= 0.6 is 11.6 Å². The van der Waals surface area contributed by atoms with Gasteiger partial charge in [-0.3, -0.25) is 9.52 Å². The van der Waals surface area contributed by atoms with E-state index in [1.807, 2.05) is 6.07 Å². The number of benzene rings is 1. The molecule has 4 rings (SSSR count). The summed E-state index contributed by atoms with van der Waals surface area (Å²) in [4.78, 5) is 12.8. The maximum atomic E-state index is 12.8. The summed E-state index contributed by atoms with van der Waals surface area (Å²) in [6.45, 7) is 1.92. The predicted molar refractivity (Wildman–Crippen MR) is 126 cm³/mol. The van der Waals surface area contributed by atoms with Gasteiger partial charge in [-0.15, -0.1) is 0 Å². The van der Waals surface area contributed by atoms with Gasteiger partial charge in [0.1, 0.15) is 5.02 Å². The van der Waals surface area contributed by atoms with Crippen molar-refractivity contribution in [3.05, 3.63) is 51.9 Å². The topological polar surface area (TPSA) is 126 Å². The molecule has 0 radical (unpaired) electrons. The standard InChI is InChI=1S/C21H28ClN5O5S/c22-20-18(23-12-15-14-32-11-8-19(15)28)13-24-27(21(20)29)17-6-9-26(10-7-17)33(30,31)25-16-4-2-1-3-5-16/h1-5,13,15,17,19,23,25,28H,6-12,14H2/t15-,19-/m1/s1. The molecule has 2 saturated heterocycles. The van der Waals surface area contributed by atoms with Crippen LogP contribution < -0.4 is 15.6 Å². The van der Waals surface area contributed by atoms with E-state index in [2.05, 4.69) is 15.1 Å². The van der Waals surface area contributed by atoms with E-state index in [9.17, 15) is 18.3 Å². The normalized spacial score (nSPS) is 22.7. The number of aromatic nitrogens is 2. The van der Waals surface area contributed by atoms with Crippen LogP contribution in [0, 0.1) is 5.92 Å². The Kier molecular flexibility index (Phi) is 7.55. The number of nitrogens with zero attached hydrogens (tertiary/aromatic N) is 3. The molecule has 1 aromatic carbocycles. The molecule has 12 heteroatoms. The van der Waals surface area contributed by atoms with Crippen molar-refractivity contribution in [2.75, 3.05) is 42.9 Å². The lowest BCUT2D eigenvalue weighted by molar-refractivity contribution is -0.0302. The number of ether oxygens (including phenoxy) is 1. The lowest BCUT2D eigenvalue weighted by atomic mass is 9.99. The minimum Gasteiger partial charge on any atom is -0.393 e. The number of nitrogens with one attached hydrogen (secondary N) is 2. The zero-order chi connectivity index (χ0) is 23.4. The van der Waals surface area contributed by atoms with Gasteiger partial charge in [0.25, 0.3) is 5.56 Å².